The predicted octanol–water partition coefficient (Wildman–Crippen LogP) is 2.05. The van der Waals surface area contributed by atoms with E-state index in [4.69, 9.17) is 15.3 Å². The van der Waals surface area contributed by atoms with Gasteiger partial charge in [-0.25, -0.2) is 0 Å². The Balaban J connectivity index is 2.32. The topological polar surface area (TPSA) is 60.1 Å². The molecule has 5 heteroatoms. The molecule has 1 heterocycles. The van der Waals surface area contributed by atoms with Gasteiger partial charge in [-0.15, -0.1) is 0 Å². The summed E-state index contributed by atoms with van der Waals surface area (Å²) in [6.45, 7) is 1.71. The molecule has 1 unspecified atom stereocenters. The number of anilines is 1. The predicted molar refractivity (Wildman–Crippen MR) is 66.4 cm³/mol. The van der Waals surface area contributed by atoms with Gasteiger partial charge in [0.1, 0.15) is 6.07 Å². The van der Waals surface area contributed by atoms with E-state index in [1.165, 1.54) is 0 Å². The summed E-state index contributed by atoms with van der Waals surface area (Å²) < 4.78 is 6.06. The molecule has 86 valence electrons. The van der Waals surface area contributed by atoms with Gasteiger partial charge in [0.2, 0.25) is 0 Å². The van der Waals surface area contributed by atoms with Crippen LogP contribution in [0.5, 0.6) is 0 Å². The molecule has 0 spiro atoms. The first kappa shape index (κ1) is 11.9. The zero-order valence-electron chi connectivity index (χ0n) is 9.06. The van der Waals surface area contributed by atoms with E-state index in [2.05, 4.69) is 28.1 Å². The average Bonchev–Trinajstić information content (AvgIpc) is 2.38. The summed E-state index contributed by atoms with van der Waals surface area (Å²) in [5, 5.41) is 18.0. The summed E-state index contributed by atoms with van der Waals surface area (Å²) in [4.78, 5) is 2.01. The molecule has 0 amide bonds. The summed E-state index contributed by atoms with van der Waals surface area (Å²) in [7, 11) is 0. The second-order valence-electron chi connectivity index (χ2n) is 3.68. The van der Waals surface area contributed by atoms with Crippen LogP contribution in [0.1, 0.15) is 5.56 Å². The maximum atomic E-state index is 9.15. The summed E-state index contributed by atoms with van der Waals surface area (Å²) >= 11 is 3.36. The lowest BCUT2D eigenvalue weighted by atomic mass is 10.1. The number of nitriles is 2. The monoisotopic (exact) mass is 291 g/mol. The molecular formula is C12H10BrN3O. The fraction of sp³-hybridized carbons (Fsp3) is 0.333. The van der Waals surface area contributed by atoms with Gasteiger partial charge in [-0.05, 0) is 28.1 Å². The van der Waals surface area contributed by atoms with Crippen LogP contribution < -0.4 is 4.90 Å². The van der Waals surface area contributed by atoms with Crippen LogP contribution >= 0.6 is 15.9 Å². The lowest BCUT2D eigenvalue weighted by Crippen LogP contribution is -2.42. The van der Waals surface area contributed by atoms with Crippen LogP contribution in [-0.2, 0) is 4.74 Å². The third-order valence-electron chi connectivity index (χ3n) is 2.65. The highest BCUT2D eigenvalue weighted by Crippen LogP contribution is 2.28. The Hall–Kier alpha value is -1.56. The van der Waals surface area contributed by atoms with Gasteiger partial charge in [-0.1, -0.05) is 6.07 Å². The van der Waals surface area contributed by atoms with Crippen molar-refractivity contribution in [1.82, 2.24) is 0 Å². The van der Waals surface area contributed by atoms with E-state index in [9.17, 15) is 0 Å². The van der Waals surface area contributed by atoms with Crippen LogP contribution in [0.3, 0.4) is 0 Å². The third kappa shape index (κ3) is 2.41. The molecule has 17 heavy (non-hydrogen) atoms. The van der Waals surface area contributed by atoms with E-state index < -0.39 is 6.10 Å². The van der Waals surface area contributed by atoms with Crippen LogP contribution in [-0.4, -0.2) is 25.8 Å². The van der Waals surface area contributed by atoms with Crippen LogP contribution in [0.25, 0.3) is 0 Å². The van der Waals surface area contributed by atoms with Gasteiger partial charge in [0.15, 0.2) is 6.10 Å². The minimum absolute atomic E-state index is 0.422. The van der Waals surface area contributed by atoms with Gasteiger partial charge in [0.25, 0.3) is 0 Å². The maximum absolute atomic E-state index is 9.15. The zero-order valence-corrected chi connectivity index (χ0v) is 10.6. The molecule has 0 N–H and O–H groups in total. The molecule has 1 fully saturated rings. The molecule has 1 saturated heterocycles. The number of rotatable bonds is 1. The number of ether oxygens (including phenoxy) is 1. The fourth-order valence-electron chi connectivity index (χ4n) is 1.83. The average molecular weight is 292 g/mol. The van der Waals surface area contributed by atoms with Crippen molar-refractivity contribution >= 4 is 21.6 Å². The molecule has 1 atom stereocenters. The molecule has 0 saturated carbocycles. The highest BCUT2D eigenvalue weighted by molar-refractivity contribution is 9.10. The fourth-order valence-corrected chi connectivity index (χ4v) is 2.28. The van der Waals surface area contributed by atoms with Crippen molar-refractivity contribution in [1.29, 1.82) is 10.5 Å². The van der Waals surface area contributed by atoms with E-state index in [1.807, 2.05) is 23.1 Å². The van der Waals surface area contributed by atoms with Crippen molar-refractivity contribution < 1.29 is 4.74 Å². The van der Waals surface area contributed by atoms with Crippen molar-refractivity contribution in [3.8, 4) is 12.1 Å². The third-order valence-corrected chi connectivity index (χ3v) is 3.32. The normalized spacial score (nSPS) is 19.5. The van der Waals surface area contributed by atoms with Gasteiger partial charge in [0.05, 0.1) is 30.5 Å². The minimum Gasteiger partial charge on any atom is -0.364 e. The number of nitrogens with zero attached hydrogens (tertiary/aromatic N) is 3. The minimum atomic E-state index is -0.422. The SMILES string of the molecule is N#Cc1c(Br)cccc1N1CCOC(C#N)C1. The summed E-state index contributed by atoms with van der Waals surface area (Å²) in [5.74, 6) is 0. The lowest BCUT2D eigenvalue weighted by molar-refractivity contribution is 0.0764. The molecule has 1 aliphatic heterocycles. The molecule has 0 aliphatic carbocycles. The molecular weight excluding hydrogens is 282 g/mol. The molecule has 0 aromatic heterocycles. The van der Waals surface area contributed by atoms with E-state index >= 15 is 0 Å². The van der Waals surface area contributed by atoms with Crippen LogP contribution in [0.15, 0.2) is 22.7 Å². The maximum Gasteiger partial charge on any atom is 0.161 e. The number of hydrogen-bond donors (Lipinski definition) is 0. The number of morpholine rings is 1. The highest BCUT2D eigenvalue weighted by atomic mass is 79.9. The van der Waals surface area contributed by atoms with Crippen molar-refractivity contribution in [3.63, 3.8) is 0 Å². The van der Waals surface area contributed by atoms with Crippen molar-refractivity contribution in [2.75, 3.05) is 24.6 Å². The standard InChI is InChI=1S/C12H10BrN3O/c13-11-2-1-3-12(10(11)7-15)16-4-5-17-9(6-14)8-16/h1-3,9H,4-5,8H2. The van der Waals surface area contributed by atoms with E-state index in [0.717, 1.165) is 10.2 Å². The van der Waals surface area contributed by atoms with Crippen molar-refractivity contribution in [2.24, 2.45) is 0 Å². The molecule has 1 aromatic carbocycles. The van der Waals surface area contributed by atoms with E-state index in [1.54, 1.807) is 0 Å². The van der Waals surface area contributed by atoms with Gasteiger partial charge in [-0.3, -0.25) is 0 Å². The lowest BCUT2D eigenvalue weighted by Gasteiger charge is -2.32. The smallest absolute Gasteiger partial charge is 0.161 e. The first-order valence-corrected chi connectivity index (χ1v) is 6.00. The Morgan fingerprint density at radius 3 is 2.94 bits per heavy atom. The molecule has 1 aromatic rings. The number of benzene rings is 1. The van der Waals surface area contributed by atoms with Crippen LogP contribution in [0.2, 0.25) is 0 Å². The molecule has 4 nitrogen and oxygen atoms in total. The zero-order chi connectivity index (χ0) is 12.3. The first-order chi connectivity index (χ1) is 8.26. The van der Waals surface area contributed by atoms with Gasteiger partial charge < -0.3 is 9.64 Å². The largest absolute Gasteiger partial charge is 0.364 e. The van der Waals surface area contributed by atoms with Gasteiger partial charge in [0, 0.05) is 11.0 Å². The Morgan fingerprint density at radius 2 is 2.24 bits per heavy atom. The molecule has 1 aliphatic rings. The Kier molecular flexibility index (Phi) is 3.63. The highest BCUT2D eigenvalue weighted by Gasteiger charge is 2.22. The van der Waals surface area contributed by atoms with Crippen LogP contribution in [0, 0.1) is 22.7 Å². The summed E-state index contributed by atoms with van der Waals surface area (Å²) in [6, 6.07) is 9.89. The van der Waals surface area contributed by atoms with E-state index in [-0.39, 0.29) is 0 Å². The van der Waals surface area contributed by atoms with Gasteiger partial charge >= 0.3 is 0 Å². The Morgan fingerprint density at radius 1 is 1.41 bits per heavy atom. The molecule has 2 rings (SSSR count). The number of halogens is 1. The second-order valence-corrected chi connectivity index (χ2v) is 4.53. The van der Waals surface area contributed by atoms with E-state index in [0.29, 0.717) is 25.3 Å². The van der Waals surface area contributed by atoms with Crippen molar-refractivity contribution in [3.05, 3.63) is 28.2 Å². The van der Waals surface area contributed by atoms with Crippen LogP contribution in [0.4, 0.5) is 5.69 Å². The molecule has 0 bridgehead atoms. The number of hydrogen-bond acceptors (Lipinski definition) is 4. The van der Waals surface area contributed by atoms with Crippen molar-refractivity contribution in [2.45, 2.75) is 6.10 Å². The summed E-state index contributed by atoms with van der Waals surface area (Å²) in [5.41, 5.74) is 1.46. The first-order valence-electron chi connectivity index (χ1n) is 5.21. The second kappa shape index (κ2) is 5.18. The molecule has 0 radical (unpaired) electrons. The Labute approximate surface area is 108 Å². The Bertz CT molecular complexity index is 503. The quantitative estimate of drug-likeness (QED) is 0.795. The van der Waals surface area contributed by atoms with Gasteiger partial charge in [-0.2, -0.15) is 10.5 Å². The summed E-state index contributed by atoms with van der Waals surface area (Å²) in [6.07, 6.45) is -0.422.